The molecule has 1 N–H and O–H groups in total. The normalized spacial score (nSPS) is 18.7. The number of fused-ring (bicyclic) bond motifs is 2. The first-order chi connectivity index (χ1) is 17.6. The zero-order valence-corrected chi connectivity index (χ0v) is 20.9. The topological polar surface area (TPSA) is 62.6 Å². The molecule has 0 saturated carbocycles. The van der Waals surface area contributed by atoms with Gasteiger partial charge in [-0.3, -0.25) is 14.5 Å². The number of ketones is 1. The summed E-state index contributed by atoms with van der Waals surface area (Å²) in [5.41, 5.74) is 7.40. The smallest absolute Gasteiger partial charge is 0.256 e. The molecule has 1 aromatic heterocycles. The molecule has 0 bridgehead atoms. The molecule has 1 fully saturated rings. The van der Waals surface area contributed by atoms with Crippen LogP contribution in [0, 0.1) is 6.92 Å². The highest BCUT2D eigenvalue weighted by Crippen LogP contribution is 2.41. The highest BCUT2D eigenvalue weighted by atomic mass is 16.3. The van der Waals surface area contributed by atoms with E-state index in [9.17, 15) is 9.59 Å². The fraction of sp³-hybridized carbons (Fsp3) is 0.355. The van der Waals surface area contributed by atoms with Crippen molar-refractivity contribution < 1.29 is 14.0 Å². The van der Waals surface area contributed by atoms with Crippen LogP contribution in [-0.2, 0) is 17.6 Å². The van der Waals surface area contributed by atoms with Crippen molar-refractivity contribution in [3.8, 4) is 11.1 Å². The quantitative estimate of drug-likeness (QED) is 0.344. The van der Waals surface area contributed by atoms with Crippen molar-refractivity contribution in [2.45, 2.75) is 51.9 Å². The molecule has 5 heteroatoms. The van der Waals surface area contributed by atoms with Gasteiger partial charge < -0.3 is 9.73 Å². The Kier molecular flexibility index (Phi) is 6.10. The van der Waals surface area contributed by atoms with E-state index in [1.54, 1.807) is 0 Å². The second kappa shape index (κ2) is 9.55. The molecule has 0 radical (unpaired) electrons. The monoisotopic (exact) mass is 480 g/mol. The molecule has 3 heterocycles. The minimum atomic E-state index is -0.158. The van der Waals surface area contributed by atoms with Gasteiger partial charge in [-0.25, -0.2) is 0 Å². The van der Waals surface area contributed by atoms with Crippen molar-refractivity contribution in [2.24, 2.45) is 0 Å². The number of furan rings is 1. The molecule has 1 saturated heterocycles. The van der Waals surface area contributed by atoms with Crippen LogP contribution in [0.4, 0.5) is 5.69 Å². The fourth-order valence-electron chi connectivity index (χ4n) is 5.77. The second-order valence-corrected chi connectivity index (χ2v) is 10.3. The SMILES string of the molecule is Cc1ccc(-c2c(C=C3C(=O)Nc4ccc(C(=O)CN5CCCCC5)cc43)oc3c2CCCC3)cc1. The van der Waals surface area contributed by atoms with E-state index in [0.29, 0.717) is 17.7 Å². The van der Waals surface area contributed by atoms with E-state index in [1.165, 1.54) is 17.5 Å². The van der Waals surface area contributed by atoms with Gasteiger partial charge in [0.25, 0.3) is 5.91 Å². The summed E-state index contributed by atoms with van der Waals surface area (Å²) in [5.74, 6) is 1.71. The molecule has 5 nitrogen and oxygen atoms in total. The number of benzene rings is 2. The van der Waals surface area contributed by atoms with Crippen LogP contribution in [0.5, 0.6) is 0 Å². The van der Waals surface area contributed by atoms with E-state index in [2.05, 4.69) is 41.4 Å². The Morgan fingerprint density at radius 3 is 2.58 bits per heavy atom. The zero-order chi connectivity index (χ0) is 24.6. The standard InChI is InChI=1S/C31H32N2O3/c1-20-9-11-21(12-10-20)30-23-7-3-4-8-28(23)36-29(30)18-25-24-17-22(13-14-26(24)32-31(25)35)27(34)19-33-15-5-2-6-16-33/h9-14,17-18H,2-8,15-16,19H2,1H3,(H,32,35). The zero-order valence-electron chi connectivity index (χ0n) is 20.9. The molecule has 3 aromatic rings. The lowest BCUT2D eigenvalue weighted by Gasteiger charge is -2.25. The first-order valence-corrected chi connectivity index (χ1v) is 13.2. The summed E-state index contributed by atoms with van der Waals surface area (Å²) in [6.45, 7) is 4.47. The number of nitrogens with one attached hydrogen (secondary N) is 1. The number of carbonyl (C=O) groups excluding carboxylic acids is 2. The molecule has 0 atom stereocenters. The maximum absolute atomic E-state index is 13.1. The summed E-state index contributed by atoms with van der Waals surface area (Å²) in [7, 11) is 0. The second-order valence-electron chi connectivity index (χ2n) is 10.3. The van der Waals surface area contributed by atoms with Crippen molar-refractivity contribution in [2.75, 3.05) is 25.0 Å². The predicted octanol–water partition coefficient (Wildman–Crippen LogP) is 6.30. The van der Waals surface area contributed by atoms with Gasteiger partial charge in [0.05, 0.1) is 12.1 Å². The summed E-state index contributed by atoms with van der Waals surface area (Å²) in [4.78, 5) is 28.4. The van der Waals surface area contributed by atoms with Gasteiger partial charge in [0, 0.05) is 34.4 Å². The van der Waals surface area contributed by atoms with Gasteiger partial charge in [0.1, 0.15) is 11.5 Å². The molecular formula is C31H32N2O3. The third-order valence-corrected chi connectivity index (χ3v) is 7.75. The summed E-state index contributed by atoms with van der Waals surface area (Å²) in [6, 6.07) is 14.1. The molecule has 0 unspecified atom stereocenters. The van der Waals surface area contributed by atoms with E-state index in [-0.39, 0.29) is 11.7 Å². The van der Waals surface area contributed by atoms with Crippen LogP contribution in [0.3, 0.4) is 0 Å². The Labute approximate surface area is 212 Å². The van der Waals surface area contributed by atoms with E-state index in [0.717, 1.165) is 85.5 Å². The molecule has 0 spiro atoms. The Balaban J connectivity index is 1.38. The summed E-state index contributed by atoms with van der Waals surface area (Å²) in [6.07, 6.45) is 9.61. The third kappa shape index (κ3) is 4.33. The van der Waals surface area contributed by atoms with Crippen molar-refractivity contribution in [3.05, 3.63) is 76.2 Å². The summed E-state index contributed by atoms with van der Waals surface area (Å²) >= 11 is 0. The number of hydrogen-bond acceptors (Lipinski definition) is 4. The number of carbonyl (C=O) groups is 2. The van der Waals surface area contributed by atoms with Gasteiger partial charge in [-0.1, -0.05) is 36.2 Å². The molecule has 3 aliphatic rings. The van der Waals surface area contributed by atoms with Gasteiger partial charge in [0.2, 0.25) is 0 Å². The summed E-state index contributed by atoms with van der Waals surface area (Å²) < 4.78 is 6.40. The van der Waals surface area contributed by atoms with Crippen LogP contribution in [0.1, 0.15) is 70.7 Å². The van der Waals surface area contributed by atoms with Crippen molar-refractivity contribution in [1.29, 1.82) is 0 Å². The number of aryl methyl sites for hydroxylation is 2. The number of piperidine rings is 1. The van der Waals surface area contributed by atoms with E-state index < -0.39 is 0 Å². The summed E-state index contributed by atoms with van der Waals surface area (Å²) in [5, 5.41) is 2.97. The van der Waals surface area contributed by atoms with Gasteiger partial charge in [-0.2, -0.15) is 0 Å². The third-order valence-electron chi connectivity index (χ3n) is 7.75. The fourth-order valence-corrected chi connectivity index (χ4v) is 5.77. The lowest BCUT2D eigenvalue weighted by Crippen LogP contribution is -2.34. The lowest BCUT2D eigenvalue weighted by molar-refractivity contribution is -0.110. The minimum absolute atomic E-state index is 0.104. The average molecular weight is 481 g/mol. The minimum Gasteiger partial charge on any atom is -0.461 e. The molecule has 1 amide bonds. The molecule has 2 aromatic carbocycles. The van der Waals surface area contributed by atoms with Crippen molar-refractivity contribution >= 4 is 29.0 Å². The van der Waals surface area contributed by atoms with Crippen LogP contribution >= 0.6 is 0 Å². The Bertz CT molecular complexity index is 1360. The Morgan fingerprint density at radius 1 is 1.00 bits per heavy atom. The molecule has 2 aliphatic heterocycles. The van der Waals surface area contributed by atoms with Gasteiger partial charge >= 0.3 is 0 Å². The molecule has 184 valence electrons. The maximum atomic E-state index is 13.1. The van der Waals surface area contributed by atoms with E-state index in [1.807, 2.05) is 24.3 Å². The highest BCUT2D eigenvalue weighted by molar-refractivity contribution is 6.35. The van der Waals surface area contributed by atoms with Crippen LogP contribution in [0.25, 0.3) is 22.8 Å². The van der Waals surface area contributed by atoms with E-state index in [4.69, 9.17) is 4.42 Å². The van der Waals surface area contributed by atoms with Crippen LogP contribution < -0.4 is 5.32 Å². The van der Waals surface area contributed by atoms with Crippen LogP contribution in [0.15, 0.2) is 46.9 Å². The Hall–Kier alpha value is -3.44. The first kappa shape index (κ1) is 23.0. The molecule has 1 aliphatic carbocycles. The van der Waals surface area contributed by atoms with Crippen molar-refractivity contribution in [3.63, 3.8) is 0 Å². The molecule has 36 heavy (non-hydrogen) atoms. The number of Topliss-reactive ketones (excluding diaryl/α,β-unsaturated/α-hetero) is 1. The largest absolute Gasteiger partial charge is 0.461 e. The first-order valence-electron chi connectivity index (χ1n) is 13.2. The number of nitrogens with zero attached hydrogens (tertiary/aromatic N) is 1. The maximum Gasteiger partial charge on any atom is 0.256 e. The lowest BCUT2D eigenvalue weighted by atomic mass is 9.90. The van der Waals surface area contributed by atoms with Gasteiger partial charge in [-0.05, 0) is 82.0 Å². The highest BCUT2D eigenvalue weighted by Gasteiger charge is 2.29. The number of likely N-dealkylation sites (tertiary alicyclic amines) is 1. The van der Waals surface area contributed by atoms with Crippen LogP contribution in [-0.4, -0.2) is 36.2 Å². The van der Waals surface area contributed by atoms with Crippen molar-refractivity contribution in [1.82, 2.24) is 4.90 Å². The Morgan fingerprint density at radius 2 is 1.78 bits per heavy atom. The number of hydrogen-bond donors (Lipinski definition) is 1. The van der Waals surface area contributed by atoms with Gasteiger partial charge in [-0.15, -0.1) is 0 Å². The predicted molar refractivity (Wildman–Crippen MR) is 143 cm³/mol. The molecule has 6 rings (SSSR count). The van der Waals surface area contributed by atoms with Crippen LogP contribution in [0.2, 0.25) is 0 Å². The number of anilines is 1. The van der Waals surface area contributed by atoms with E-state index >= 15 is 0 Å². The van der Waals surface area contributed by atoms with Gasteiger partial charge in [0.15, 0.2) is 5.78 Å². The number of rotatable bonds is 5. The number of amides is 1. The molecular weight excluding hydrogens is 448 g/mol. The average Bonchev–Trinajstić information content (AvgIpc) is 3.41.